The lowest BCUT2D eigenvalue weighted by Gasteiger charge is -2.44. The zero-order chi connectivity index (χ0) is 11.8. The van der Waals surface area contributed by atoms with E-state index >= 15 is 0 Å². The molecule has 17 heavy (non-hydrogen) atoms. The van der Waals surface area contributed by atoms with Crippen molar-refractivity contribution in [3.63, 3.8) is 0 Å². The van der Waals surface area contributed by atoms with Gasteiger partial charge in [-0.2, -0.15) is 0 Å². The number of piperidine rings is 3. The van der Waals surface area contributed by atoms with Crippen LogP contribution < -0.4 is 0 Å². The quantitative estimate of drug-likeness (QED) is 0.726. The fraction of sp³-hybridized carbons (Fsp3) is 0.533. The molecule has 3 saturated heterocycles. The van der Waals surface area contributed by atoms with Crippen LogP contribution in [0.5, 0.6) is 0 Å². The van der Waals surface area contributed by atoms with Crippen LogP contribution in [0.3, 0.4) is 0 Å². The molecular weight excluding hydrogens is 210 g/mol. The number of carbonyl (C=O) groups excluding carboxylic acids is 1. The summed E-state index contributed by atoms with van der Waals surface area (Å²) in [6.45, 7) is 5.41. The van der Waals surface area contributed by atoms with Crippen LogP contribution in [-0.4, -0.2) is 30.3 Å². The van der Waals surface area contributed by atoms with Crippen molar-refractivity contribution < 1.29 is 4.79 Å². The monoisotopic (exact) mass is 229 g/mol. The van der Waals surface area contributed by atoms with Crippen LogP contribution in [0.2, 0.25) is 0 Å². The van der Waals surface area contributed by atoms with E-state index in [9.17, 15) is 4.79 Å². The highest BCUT2D eigenvalue weighted by atomic mass is 16.1. The highest BCUT2D eigenvalue weighted by molar-refractivity contribution is 5.99. The van der Waals surface area contributed by atoms with Gasteiger partial charge < -0.3 is 4.90 Å². The predicted molar refractivity (Wildman–Crippen MR) is 68.2 cm³/mol. The van der Waals surface area contributed by atoms with Gasteiger partial charge in [0.1, 0.15) is 0 Å². The molecule has 0 aliphatic carbocycles. The third-order valence-corrected chi connectivity index (χ3v) is 4.40. The maximum atomic E-state index is 12.6. The number of fused-ring (bicyclic) bond motifs is 3. The molecule has 3 fully saturated rings. The van der Waals surface area contributed by atoms with Crippen LogP contribution in [0.4, 0.5) is 0 Å². The molecule has 4 rings (SSSR count). The second kappa shape index (κ2) is 4.26. The van der Waals surface area contributed by atoms with Gasteiger partial charge in [0.2, 0.25) is 0 Å². The van der Waals surface area contributed by atoms with Crippen molar-refractivity contribution in [3.05, 3.63) is 35.4 Å². The van der Waals surface area contributed by atoms with Crippen LogP contribution in [-0.2, 0) is 0 Å². The molecule has 0 spiro atoms. The van der Waals surface area contributed by atoms with E-state index in [4.69, 9.17) is 0 Å². The summed E-state index contributed by atoms with van der Waals surface area (Å²) < 4.78 is 0. The molecule has 0 saturated carbocycles. The molecule has 2 nitrogen and oxygen atoms in total. The van der Waals surface area contributed by atoms with E-state index in [0.29, 0.717) is 11.7 Å². The molecule has 1 aromatic carbocycles. The highest BCUT2D eigenvalue weighted by Gasteiger charge is 2.38. The minimum absolute atomic E-state index is 0.249. The Bertz CT molecular complexity index is 432. The number of Topliss-reactive ketones (excluding diaryl/α,β-unsaturated/α-hetero) is 1. The van der Waals surface area contributed by atoms with E-state index in [0.717, 1.165) is 17.7 Å². The van der Waals surface area contributed by atoms with Crippen molar-refractivity contribution in [2.75, 3.05) is 19.6 Å². The molecule has 1 aromatic rings. The Hall–Kier alpha value is -1.15. The summed E-state index contributed by atoms with van der Waals surface area (Å²) in [5.74, 6) is 1.25. The average Bonchev–Trinajstić information content (AvgIpc) is 2.40. The smallest absolute Gasteiger partial charge is 0.167 e. The zero-order valence-corrected chi connectivity index (χ0v) is 10.4. The minimum Gasteiger partial charge on any atom is -0.303 e. The largest absolute Gasteiger partial charge is 0.303 e. The van der Waals surface area contributed by atoms with Crippen molar-refractivity contribution in [2.45, 2.75) is 19.8 Å². The summed E-state index contributed by atoms with van der Waals surface area (Å²) in [5.41, 5.74) is 2.06. The number of aryl methyl sites for hydroxylation is 1. The van der Waals surface area contributed by atoms with Crippen LogP contribution in [0.25, 0.3) is 0 Å². The van der Waals surface area contributed by atoms with E-state index in [2.05, 4.69) is 4.90 Å². The predicted octanol–water partition coefficient (Wildman–Crippen LogP) is 2.52. The Morgan fingerprint density at radius 1 is 1.24 bits per heavy atom. The summed E-state index contributed by atoms with van der Waals surface area (Å²) in [4.78, 5) is 15.0. The molecule has 2 heteroatoms. The molecular formula is C15H19NO. The first-order valence-corrected chi connectivity index (χ1v) is 6.58. The maximum absolute atomic E-state index is 12.6. The normalized spacial score (nSPS) is 31.5. The Labute approximate surface area is 103 Å². The average molecular weight is 229 g/mol. The van der Waals surface area contributed by atoms with Gasteiger partial charge in [0.05, 0.1) is 0 Å². The van der Waals surface area contributed by atoms with Gasteiger partial charge in [-0.1, -0.05) is 24.3 Å². The SMILES string of the molecule is Cc1ccccc1C(=O)C1CN2CCC1CC2. The summed E-state index contributed by atoms with van der Waals surface area (Å²) in [7, 11) is 0. The van der Waals surface area contributed by atoms with Gasteiger partial charge in [-0.25, -0.2) is 0 Å². The topological polar surface area (TPSA) is 20.3 Å². The van der Waals surface area contributed by atoms with Gasteiger partial charge in [0.15, 0.2) is 5.78 Å². The fourth-order valence-corrected chi connectivity index (χ4v) is 3.31. The highest BCUT2D eigenvalue weighted by Crippen LogP contribution is 2.34. The van der Waals surface area contributed by atoms with Gasteiger partial charge in [-0.3, -0.25) is 4.79 Å². The van der Waals surface area contributed by atoms with E-state index < -0.39 is 0 Å². The number of ketones is 1. The molecule has 0 N–H and O–H groups in total. The Balaban J connectivity index is 1.85. The molecule has 0 amide bonds. The van der Waals surface area contributed by atoms with Gasteiger partial charge in [-0.05, 0) is 44.3 Å². The van der Waals surface area contributed by atoms with Gasteiger partial charge >= 0.3 is 0 Å². The Kier molecular flexibility index (Phi) is 2.75. The second-order valence-corrected chi connectivity index (χ2v) is 5.42. The van der Waals surface area contributed by atoms with Crippen molar-refractivity contribution in [1.82, 2.24) is 4.90 Å². The van der Waals surface area contributed by atoms with Crippen LogP contribution in [0.15, 0.2) is 24.3 Å². The van der Waals surface area contributed by atoms with E-state index in [1.165, 1.54) is 25.9 Å². The van der Waals surface area contributed by atoms with Crippen LogP contribution >= 0.6 is 0 Å². The third kappa shape index (κ3) is 1.91. The van der Waals surface area contributed by atoms with E-state index in [-0.39, 0.29) is 5.92 Å². The van der Waals surface area contributed by atoms with Crippen LogP contribution in [0.1, 0.15) is 28.8 Å². The van der Waals surface area contributed by atoms with E-state index in [1.807, 2.05) is 31.2 Å². The van der Waals surface area contributed by atoms with Crippen molar-refractivity contribution in [2.24, 2.45) is 11.8 Å². The van der Waals surface area contributed by atoms with Crippen molar-refractivity contribution in [1.29, 1.82) is 0 Å². The molecule has 2 bridgehead atoms. The lowest BCUT2D eigenvalue weighted by Crippen LogP contribution is -2.50. The van der Waals surface area contributed by atoms with Gasteiger partial charge in [0, 0.05) is 18.0 Å². The third-order valence-electron chi connectivity index (χ3n) is 4.40. The number of hydrogen-bond acceptors (Lipinski definition) is 2. The lowest BCUT2D eigenvalue weighted by atomic mass is 9.75. The first-order chi connectivity index (χ1) is 8.25. The summed E-state index contributed by atoms with van der Waals surface area (Å²) in [6.07, 6.45) is 2.42. The number of carbonyl (C=O) groups is 1. The van der Waals surface area contributed by atoms with Gasteiger partial charge in [-0.15, -0.1) is 0 Å². The summed E-state index contributed by atoms with van der Waals surface area (Å²) in [5, 5.41) is 0. The maximum Gasteiger partial charge on any atom is 0.167 e. The molecule has 3 aliphatic heterocycles. The van der Waals surface area contributed by atoms with Crippen molar-refractivity contribution >= 4 is 5.78 Å². The molecule has 3 aliphatic rings. The number of nitrogens with zero attached hydrogens (tertiary/aromatic N) is 1. The molecule has 90 valence electrons. The summed E-state index contributed by atoms with van der Waals surface area (Å²) >= 11 is 0. The molecule has 3 heterocycles. The second-order valence-electron chi connectivity index (χ2n) is 5.42. The number of benzene rings is 1. The standard InChI is InChI=1S/C15H19NO/c1-11-4-2-3-5-13(11)15(17)14-10-16-8-6-12(14)7-9-16/h2-5,12,14H,6-10H2,1H3. The first-order valence-electron chi connectivity index (χ1n) is 6.58. The molecule has 1 atom stereocenters. The molecule has 0 aromatic heterocycles. The molecule has 1 unspecified atom stereocenters. The Morgan fingerprint density at radius 3 is 2.53 bits per heavy atom. The fourth-order valence-electron chi connectivity index (χ4n) is 3.31. The molecule has 0 radical (unpaired) electrons. The van der Waals surface area contributed by atoms with Crippen LogP contribution in [0, 0.1) is 18.8 Å². The number of hydrogen-bond donors (Lipinski definition) is 0. The summed E-state index contributed by atoms with van der Waals surface area (Å²) in [6, 6.07) is 7.99. The Morgan fingerprint density at radius 2 is 1.94 bits per heavy atom. The van der Waals surface area contributed by atoms with Crippen molar-refractivity contribution in [3.8, 4) is 0 Å². The van der Waals surface area contributed by atoms with E-state index in [1.54, 1.807) is 0 Å². The van der Waals surface area contributed by atoms with Gasteiger partial charge in [0.25, 0.3) is 0 Å². The lowest BCUT2D eigenvalue weighted by molar-refractivity contribution is 0.0418. The minimum atomic E-state index is 0.249. The number of rotatable bonds is 2. The first kappa shape index (κ1) is 11.0. The zero-order valence-electron chi connectivity index (χ0n) is 10.4.